The van der Waals surface area contributed by atoms with E-state index >= 15 is 0 Å². The van der Waals surface area contributed by atoms with Gasteiger partial charge in [-0.2, -0.15) is 0 Å². The fourth-order valence-electron chi connectivity index (χ4n) is 2.97. The van der Waals surface area contributed by atoms with Crippen molar-refractivity contribution < 1.29 is 9.53 Å². The molecule has 0 spiro atoms. The predicted octanol–water partition coefficient (Wildman–Crippen LogP) is 4.62. The second kappa shape index (κ2) is 7.44. The predicted molar refractivity (Wildman–Crippen MR) is 102 cm³/mol. The summed E-state index contributed by atoms with van der Waals surface area (Å²) in [5, 5.41) is 6.46. The second-order valence-electron chi connectivity index (χ2n) is 7.27. The normalized spacial score (nSPS) is 17.6. The van der Waals surface area contributed by atoms with Crippen LogP contribution in [0.2, 0.25) is 0 Å². The topological polar surface area (TPSA) is 54.5 Å². The van der Waals surface area contributed by atoms with Gasteiger partial charge in [0.1, 0.15) is 10.6 Å². The van der Waals surface area contributed by atoms with Crippen molar-refractivity contribution in [1.82, 2.24) is 9.88 Å². The van der Waals surface area contributed by atoms with Crippen molar-refractivity contribution in [3.05, 3.63) is 35.8 Å². The first kappa shape index (κ1) is 17.7. The number of ether oxygens (including phenoxy) is 1. The van der Waals surface area contributed by atoms with Gasteiger partial charge in [-0.05, 0) is 45.7 Å². The van der Waals surface area contributed by atoms with Gasteiger partial charge in [-0.25, -0.2) is 9.78 Å². The molecule has 25 heavy (non-hydrogen) atoms. The molecule has 1 saturated heterocycles. The Morgan fingerprint density at radius 3 is 3.00 bits per heavy atom. The summed E-state index contributed by atoms with van der Waals surface area (Å²) in [6.45, 7) is 7.19. The van der Waals surface area contributed by atoms with Crippen molar-refractivity contribution >= 4 is 23.1 Å². The summed E-state index contributed by atoms with van der Waals surface area (Å²) in [4.78, 5) is 18.6. The van der Waals surface area contributed by atoms with E-state index < -0.39 is 5.60 Å². The van der Waals surface area contributed by atoms with E-state index in [1.54, 1.807) is 11.3 Å². The van der Waals surface area contributed by atoms with Crippen LogP contribution in [-0.2, 0) is 4.74 Å². The lowest BCUT2D eigenvalue weighted by molar-refractivity contribution is 0.0235. The zero-order valence-electron chi connectivity index (χ0n) is 15.0. The molecule has 1 fully saturated rings. The van der Waals surface area contributed by atoms with E-state index in [0.29, 0.717) is 0 Å². The van der Waals surface area contributed by atoms with Crippen molar-refractivity contribution in [1.29, 1.82) is 0 Å². The summed E-state index contributed by atoms with van der Waals surface area (Å²) in [7, 11) is 0. The van der Waals surface area contributed by atoms with E-state index in [-0.39, 0.29) is 12.1 Å². The molecule has 3 rings (SSSR count). The summed E-state index contributed by atoms with van der Waals surface area (Å²) in [6, 6.07) is 8.40. The molecule has 2 heterocycles. The molecule has 1 aromatic heterocycles. The van der Waals surface area contributed by atoms with Crippen LogP contribution >= 0.6 is 11.3 Å². The third-order valence-corrected chi connectivity index (χ3v) is 4.91. The number of nitrogens with zero attached hydrogens (tertiary/aromatic N) is 2. The van der Waals surface area contributed by atoms with Crippen LogP contribution in [-0.4, -0.2) is 40.7 Å². The number of anilines is 1. The summed E-state index contributed by atoms with van der Waals surface area (Å²) < 4.78 is 5.52. The van der Waals surface area contributed by atoms with Crippen LogP contribution in [0.25, 0.3) is 10.6 Å². The first-order chi connectivity index (χ1) is 11.9. The van der Waals surface area contributed by atoms with Crippen molar-refractivity contribution in [3.8, 4) is 10.6 Å². The lowest BCUT2D eigenvalue weighted by Gasteiger charge is -2.29. The van der Waals surface area contributed by atoms with Crippen LogP contribution in [0.4, 0.5) is 10.5 Å². The minimum atomic E-state index is -0.459. The maximum absolute atomic E-state index is 12.4. The molecule has 1 amide bonds. The highest BCUT2D eigenvalue weighted by Crippen LogP contribution is 2.25. The third kappa shape index (κ3) is 4.72. The van der Waals surface area contributed by atoms with Gasteiger partial charge in [-0.15, -0.1) is 11.3 Å². The molecule has 1 aromatic carbocycles. The Labute approximate surface area is 153 Å². The quantitative estimate of drug-likeness (QED) is 0.865. The number of hydrogen-bond acceptors (Lipinski definition) is 5. The van der Waals surface area contributed by atoms with E-state index in [4.69, 9.17) is 4.74 Å². The van der Waals surface area contributed by atoms with E-state index in [1.165, 1.54) is 0 Å². The number of hydrogen-bond donors (Lipinski definition) is 1. The highest BCUT2D eigenvalue weighted by Gasteiger charge is 2.31. The number of carbonyl (C=O) groups excluding carboxylic acids is 1. The van der Waals surface area contributed by atoms with Crippen LogP contribution in [0.1, 0.15) is 33.6 Å². The summed E-state index contributed by atoms with van der Waals surface area (Å²) in [5.74, 6) is 0. The van der Waals surface area contributed by atoms with E-state index in [0.717, 1.165) is 42.2 Å². The number of amides is 1. The molecule has 1 unspecified atom stereocenters. The fraction of sp³-hybridized carbons (Fsp3) is 0.474. The summed E-state index contributed by atoms with van der Waals surface area (Å²) in [5.41, 5.74) is 1.69. The molecule has 0 bridgehead atoms. The molecular weight excluding hydrogens is 334 g/mol. The minimum absolute atomic E-state index is 0.165. The number of benzene rings is 1. The maximum atomic E-state index is 12.4. The molecular formula is C19H25N3O2S. The van der Waals surface area contributed by atoms with Crippen LogP contribution in [0.3, 0.4) is 0 Å². The number of nitrogens with one attached hydrogen (secondary N) is 1. The Hall–Kier alpha value is -2.08. The lowest BCUT2D eigenvalue weighted by atomic mass is 10.2. The van der Waals surface area contributed by atoms with Gasteiger partial charge in [-0.1, -0.05) is 12.1 Å². The largest absolute Gasteiger partial charge is 0.444 e. The fourth-order valence-corrected chi connectivity index (χ4v) is 3.61. The number of thiazole rings is 1. The molecule has 6 heteroatoms. The van der Waals surface area contributed by atoms with Gasteiger partial charge in [0, 0.05) is 35.9 Å². The van der Waals surface area contributed by atoms with Gasteiger partial charge in [0.25, 0.3) is 0 Å². The van der Waals surface area contributed by atoms with Crippen molar-refractivity contribution in [2.24, 2.45) is 0 Å². The molecule has 1 atom stereocenters. The minimum Gasteiger partial charge on any atom is -0.444 e. The SMILES string of the molecule is CC(C)(C)OC(=O)N1CCCC1CNc1cccc(-c2nccs2)c1. The Balaban J connectivity index is 1.61. The third-order valence-electron chi connectivity index (χ3n) is 4.09. The monoisotopic (exact) mass is 359 g/mol. The number of rotatable bonds is 4. The highest BCUT2D eigenvalue weighted by atomic mass is 32.1. The van der Waals surface area contributed by atoms with Gasteiger partial charge in [-0.3, -0.25) is 0 Å². The first-order valence-corrected chi connectivity index (χ1v) is 9.54. The van der Waals surface area contributed by atoms with Gasteiger partial charge in [0.05, 0.1) is 6.04 Å². The van der Waals surface area contributed by atoms with Gasteiger partial charge >= 0.3 is 6.09 Å². The number of carbonyl (C=O) groups is 1. The maximum Gasteiger partial charge on any atom is 0.410 e. The zero-order chi connectivity index (χ0) is 17.9. The summed E-state index contributed by atoms with van der Waals surface area (Å²) in [6.07, 6.45) is 3.62. The Kier molecular flexibility index (Phi) is 5.27. The van der Waals surface area contributed by atoms with Crippen molar-refractivity contribution in [2.45, 2.75) is 45.3 Å². The molecule has 2 aromatic rings. The van der Waals surface area contributed by atoms with E-state index in [1.807, 2.05) is 49.4 Å². The Bertz CT molecular complexity index is 710. The van der Waals surface area contributed by atoms with Crippen molar-refractivity contribution in [3.63, 3.8) is 0 Å². The highest BCUT2D eigenvalue weighted by molar-refractivity contribution is 7.13. The molecule has 1 aliphatic heterocycles. The smallest absolute Gasteiger partial charge is 0.410 e. The van der Waals surface area contributed by atoms with Gasteiger partial charge in [0.2, 0.25) is 0 Å². The van der Waals surface area contributed by atoms with Crippen molar-refractivity contribution in [2.75, 3.05) is 18.4 Å². The molecule has 1 aliphatic rings. The Morgan fingerprint density at radius 1 is 1.44 bits per heavy atom. The van der Waals surface area contributed by atoms with Gasteiger partial charge < -0.3 is 15.0 Å². The lowest BCUT2D eigenvalue weighted by Crippen LogP contribution is -2.42. The summed E-state index contributed by atoms with van der Waals surface area (Å²) >= 11 is 1.63. The average molecular weight is 359 g/mol. The van der Waals surface area contributed by atoms with Crippen LogP contribution < -0.4 is 5.32 Å². The van der Waals surface area contributed by atoms with Gasteiger partial charge in [0.15, 0.2) is 0 Å². The standard InChI is InChI=1S/C19H25N3O2S/c1-19(2,3)24-18(23)22-10-5-8-16(22)13-21-15-7-4-6-14(12-15)17-20-9-11-25-17/h4,6-7,9,11-12,16,21H,5,8,10,13H2,1-3H3. The van der Waals surface area contributed by atoms with E-state index in [9.17, 15) is 4.79 Å². The first-order valence-electron chi connectivity index (χ1n) is 8.66. The zero-order valence-corrected chi connectivity index (χ0v) is 15.8. The molecule has 0 saturated carbocycles. The molecule has 5 nitrogen and oxygen atoms in total. The number of likely N-dealkylation sites (tertiary alicyclic amines) is 1. The molecule has 0 radical (unpaired) electrons. The van der Waals surface area contributed by atoms with Crippen LogP contribution in [0, 0.1) is 0 Å². The van der Waals surface area contributed by atoms with Crippen LogP contribution in [0.15, 0.2) is 35.8 Å². The molecule has 0 aliphatic carbocycles. The number of aromatic nitrogens is 1. The second-order valence-corrected chi connectivity index (χ2v) is 8.16. The van der Waals surface area contributed by atoms with Crippen LogP contribution in [0.5, 0.6) is 0 Å². The Morgan fingerprint density at radius 2 is 2.28 bits per heavy atom. The molecule has 1 N–H and O–H groups in total. The molecule has 134 valence electrons. The average Bonchev–Trinajstić information content (AvgIpc) is 3.23. The van der Waals surface area contributed by atoms with E-state index in [2.05, 4.69) is 22.4 Å².